The summed E-state index contributed by atoms with van der Waals surface area (Å²) in [5, 5.41) is 3.39. The fourth-order valence-corrected chi connectivity index (χ4v) is 1.47. The van der Waals surface area contributed by atoms with Crippen molar-refractivity contribution < 1.29 is 4.79 Å². The number of anilines is 1. The van der Waals surface area contributed by atoms with Crippen LogP contribution in [0.4, 0.5) is 5.82 Å². The first kappa shape index (κ1) is 11.8. The van der Waals surface area contributed by atoms with Crippen LogP contribution in [0.5, 0.6) is 0 Å². The summed E-state index contributed by atoms with van der Waals surface area (Å²) >= 11 is 11.4. The summed E-state index contributed by atoms with van der Waals surface area (Å²) in [5.74, 6) is 0.122. The summed E-state index contributed by atoms with van der Waals surface area (Å²) in [5.41, 5.74) is 0.418. The average molecular weight is 268 g/mol. The molecule has 2 rings (SSSR count). The largest absolute Gasteiger partial charge is 0.307 e. The summed E-state index contributed by atoms with van der Waals surface area (Å²) < 4.78 is 0. The molecule has 0 fully saturated rings. The van der Waals surface area contributed by atoms with E-state index < -0.39 is 0 Å². The van der Waals surface area contributed by atoms with Crippen LogP contribution >= 0.6 is 23.2 Å². The second-order valence-electron chi connectivity index (χ2n) is 3.18. The van der Waals surface area contributed by atoms with E-state index in [0.29, 0.717) is 16.4 Å². The summed E-state index contributed by atoms with van der Waals surface area (Å²) in [6.45, 7) is 0. The summed E-state index contributed by atoms with van der Waals surface area (Å²) in [6, 6.07) is 6.30. The number of nitrogens with zero attached hydrogens (tertiary/aromatic N) is 2. The van der Waals surface area contributed by atoms with Crippen molar-refractivity contribution in [1.29, 1.82) is 0 Å². The van der Waals surface area contributed by atoms with Gasteiger partial charge in [0.25, 0.3) is 5.91 Å². The van der Waals surface area contributed by atoms with Crippen molar-refractivity contribution in [3.05, 3.63) is 52.4 Å². The number of hydrogen-bond acceptors (Lipinski definition) is 3. The predicted octanol–water partition coefficient (Wildman–Crippen LogP) is 3.04. The van der Waals surface area contributed by atoms with E-state index in [9.17, 15) is 4.79 Å². The van der Waals surface area contributed by atoms with Crippen molar-refractivity contribution in [2.75, 3.05) is 5.32 Å². The molecule has 0 saturated carbocycles. The van der Waals surface area contributed by atoms with Gasteiger partial charge >= 0.3 is 0 Å². The molecule has 0 radical (unpaired) electrons. The highest BCUT2D eigenvalue weighted by Gasteiger charge is 2.07. The van der Waals surface area contributed by atoms with Crippen LogP contribution in [0.2, 0.25) is 10.2 Å². The van der Waals surface area contributed by atoms with Crippen molar-refractivity contribution >= 4 is 34.9 Å². The van der Waals surface area contributed by atoms with Crippen molar-refractivity contribution in [1.82, 2.24) is 9.97 Å². The second kappa shape index (κ2) is 5.12. The first-order chi connectivity index (χ1) is 8.15. The van der Waals surface area contributed by atoms with Gasteiger partial charge in [-0.2, -0.15) is 0 Å². The van der Waals surface area contributed by atoms with Gasteiger partial charge in [-0.25, -0.2) is 9.97 Å². The standard InChI is InChI=1S/C11H7Cl2N3O/c12-8-1-2-10(15-6-8)16-11(17)7-3-4-14-9(13)5-7/h1-6H,(H,15,16,17). The quantitative estimate of drug-likeness (QED) is 0.851. The Morgan fingerprint density at radius 3 is 2.65 bits per heavy atom. The Kier molecular flexibility index (Phi) is 3.56. The molecule has 0 spiro atoms. The first-order valence-electron chi connectivity index (χ1n) is 4.69. The van der Waals surface area contributed by atoms with Gasteiger partial charge in [-0.05, 0) is 24.3 Å². The normalized spacial score (nSPS) is 10.0. The lowest BCUT2D eigenvalue weighted by Crippen LogP contribution is -2.12. The van der Waals surface area contributed by atoms with Gasteiger partial charge in [0.2, 0.25) is 0 Å². The molecule has 0 aromatic carbocycles. The molecular weight excluding hydrogens is 261 g/mol. The van der Waals surface area contributed by atoms with Crippen LogP contribution in [-0.2, 0) is 0 Å². The molecular formula is C11H7Cl2N3O. The van der Waals surface area contributed by atoms with Crippen LogP contribution < -0.4 is 5.32 Å². The topological polar surface area (TPSA) is 54.9 Å². The number of hydrogen-bond donors (Lipinski definition) is 1. The van der Waals surface area contributed by atoms with Crippen LogP contribution in [-0.4, -0.2) is 15.9 Å². The van der Waals surface area contributed by atoms with Crippen LogP contribution in [0, 0.1) is 0 Å². The Morgan fingerprint density at radius 2 is 2.00 bits per heavy atom. The molecule has 0 saturated heterocycles. The molecule has 0 aliphatic rings. The molecule has 17 heavy (non-hydrogen) atoms. The van der Waals surface area contributed by atoms with E-state index in [1.54, 1.807) is 18.2 Å². The molecule has 0 atom stereocenters. The van der Waals surface area contributed by atoms with Gasteiger partial charge in [0.05, 0.1) is 5.02 Å². The second-order valence-corrected chi connectivity index (χ2v) is 4.01. The number of halogens is 2. The molecule has 1 amide bonds. The van der Waals surface area contributed by atoms with Gasteiger partial charge in [0.1, 0.15) is 11.0 Å². The zero-order chi connectivity index (χ0) is 12.3. The summed E-state index contributed by atoms with van der Waals surface area (Å²) in [6.07, 6.45) is 2.92. The van der Waals surface area contributed by atoms with Crippen molar-refractivity contribution in [3.63, 3.8) is 0 Å². The fraction of sp³-hybridized carbons (Fsp3) is 0. The molecule has 86 valence electrons. The van der Waals surface area contributed by atoms with Gasteiger partial charge in [-0.15, -0.1) is 0 Å². The van der Waals surface area contributed by atoms with Gasteiger partial charge < -0.3 is 5.32 Å². The number of rotatable bonds is 2. The lowest BCUT2D eigenvalue weighted by Gasteiger charge is -2.04. The number of carbonyl (C=O) groups is 1. The highest BCUT2D eigenvalue weighted by molar-refractivity contribution is 6.30. The molecule has 2 aromatic rings. The molecule has 0 aliphatic heterocycles. The first-order valence-corrected chi connectivity index (χ1v) is 5.45. The molecule has 6 heteroatoms. The minimum Gasteiger partial charge on any atom is -0.307 e. The monoisotopic (exact) mass is 267 g/mol. The van der Waals surface area contributed by atoms with Crippen LogP contribution in [0.3, 0.4) is 0 Å². The third-order valence-corrected chi connectivity index (χ3v) is 2.39. The molecule has 1 N–H and O–H groups in total. The van der Waals surface area contributed by atoms with Crippen LogP contribution in [0.15, 0.2) is 36.7 Å². The maximum Gasteiger partial charge on any atom is 0.256 e. The smallest absolute Gasteiger partial charge is 0.256 e. The molecule has 0 bridgehead atoms. The van der Waals surface area contributed by atoms with E-state index in [-0.39, 0.29) is 11.1 Å². The van der Waals surface area contributed by atoms with Crippen LogP contribution in [0.1, 0.15) is 10.4 Å². The maximum absolute atomic E-state index is 11.8. The number of nitrogens with one attached hydrogen (secondary N) is 1. The van der Waals surface area contributed by atoms with Gasteiger partial charge in [0, 0.05) is 18.0 Å². The molecule has 4 nitrogen and oxygen atoms in total. The van der Waals surface area contributed by atoms with E-state index in [2.05, 4.69) is 15.3 Å². The van der Waals surface area contributed by atoms with E-state index in [1.165, 1.54) is 18.5 Å². The number of amides is 1. The minimum absolute atomic E-state index is 0.265. The maximum atomic E-state index is 11.8. The average Bonchev–Trinajstić information content (AvgIpc) is 2.32. The lowest BCUT2D eigenvalue weighted by molar-refractivity contribution is 0.102. The zero-order valence-electron chi connectivity index (χ0n) is 8.52. The van der Waals surface area contributed by atoms with E-state index in [1.807, 2.05) is 0 Å². The third-order valence-electron chi connectivity index (χ3n) is 1.96. The minimum atomic E-state index is -0.302. The zero-order valence-corrected chi connectivity index (χ0v) is 10.0. The lowest BCUT2D eigenvalue weighted by atomic mass is 10.2. The van der Waals surface area contributed by atoms with Crippen molar-refractivity contribution in [2.24, 2.45) is 0 Å². The summed E-state index contributed by atoms with van der Waals surface area (Å²) in [4.78, 5) is 19.5. The highest BCUT2D eigenvalue weighted by atomic mass is 35.5. The molecule has 0 aliphatic carbocycles. The van der Waals surface area contributed by atoms with E-state index in [0.717, 1.165) is 0 Å². The molecule has 2 heterocycles. The van der Waals surface area contributed by atoms with Crippen LogP contribution in [0.25, 0.3) is 0 Å². The Morgan fingerprint density at radius 1 is 1.18 bits per heavy atom. The van der Waals surface area contributed by atoms with Gasteiger partial charge in [-0.3, -0.25) is 4.79 Å². The van der Waals surface area contributed by atoms with Crippen molar-refractivity contribution in [3.8, 4) is 0 Å². The number of pyridine rings is 2. The van der Waals surface area contributed by atoms with Crippen molar-refractivity contribution in [2.45, 2.75) is 0 Å². The summed E-state index contributed by atoms with van der Waals surface area (Å²) in [7, 11) is 0. The fourth-order valence-electron chi connectivity index (χ4n) is 1.18. The Hall–Kier alpha value is -1.65. The number of carbonyl (C=O) groups excluding carboxylic acids is 1. The van der Waals surface area contributed by atoms with E-state index >= 15 is 0 Å². The Balaban J connectivity index is 2.14. The van der Waals surface area contributed by atoms with Gasteiger partial charge in [-0.1, -0.05) is 23.2 Å². The Bertz CT molecular complexity index is 543. The molecule has 2 aromatic heterocycles. The third kappa shape index (κ3) is 3.15. The highest BCUT2D eigenvalue weighted by Crippen LogP contribution is 2.12. The predicted molar refractivity (Wildman–Crippen MR) is 66.4 cm³/mol. The van der Waals surface area contributed by atoms with E-state index in [4.69, 9.17) is 23.2 Å². The van der Waals surface area contributed by atoms with Gasteiger partial charge in [0.15, 0.2) is 0 Å². The Labute approximate surface area is 108 Å². The molecule has 0 unspecified atom stereocenters. The number of aromatic nitrogens is 2. The SMILES string of the molecule is O=C(Nc1ccc(Cl)cn1)c1ccnc(Cl)c1.